The highest BCUT2D eigenvalue weighted by molar-refractivity contribution is 6.42. The topological polar surface area (TPSA) is 32.3 Å². The molecule has 1 atom stereocenters. The van der Waals surface area contributed by atoms with Gasteiger partial charge >= 0.3 is 0 Å². The molecule has 1 aliphatic heterocycles. The fourth-order valence-corrected chi connectivity index (χ4v) is 3.47. The third-order valence-corrected chi connectivity index (χ3v) is 5.25. The Balaban J connectivity index is 1.69. The van der Waals surface area contributed by atoms with Gasteiger partial charge in [0.2, 0.25) is 0 Å². The van der Waals surface area contributed by atoms with Gasteiger partial charge in [-0.05, 0) is 35.7 Å². The SMILES string of the molecule is C=CCN1Cc2ccccc2CC1CNC(=O)c1ccc(Cl)c(Cl)c1. The van der Waals surface area contributed by atoms with Crippen molar-refractivity contribution < 1.29 is 4.79 Å². The van der Waals surface area contributed by atoms with Gasteiger partial charge in [-0.2, -0.15) is 0 Å². The molecule has 3 rings (SSSR count). The van der Waals surface area contributed by atoms with E-state index in [9.17, 15) is 4.79 Å². The van der Waals surface area contributed by atoms with Crippen molar-refractivity contribution in [1.82, 2.24) is 10.2 Å². The Morgan fingerprint density at radius 2 is 1.96 bits per heavy atom. The summed E-state index contributed by atoms with van der Waals surface area (Å²) in [6, 6.07) is 13.6. The van der Waals surface area contributed by atoms with Crippen LogP contribution in [0.25, 0.3) is 0 Å². The number of carbonyl (C=O) groups is 1. The second-order valence-corrected chi connectivity index (χ2v) is 7.00. The van der Waals surface area contributed by atoms with Crippen LogP contribution >= 0.6 is 23.2 Å². The summed E-state index contributed by atoms with van der Waals surface area (Å²) in [4.78, 5) is 14.7. The molecule has 130 valence electrons. The van der Waals surface area contributed by atoms with Gasteiger partial charge < -0.3 is 5.32 Å². The minimum absolute atomic E-state index is 0.143. The lowest BCUT2D eigenvalue weighted by Gasteiger charge is -2.36. The van der Waals surface area contributed by atoms with Crippen molar-refractivity contribution >= 4 is 29.1 Å². The largest absolute Gasteiger partial charge is 0.350 e. The highest BCUT2D eigenvalue weighted by Gasteiger charge is 2.25. The van der Waals surface area contributed by atoms with Crippen LogP contribution in [0.2, 0.25) is 10.0 Å². The molecular formula is C20H20Cl2N2O. The highest BCUT2D eigenvalue weighted by Crippen LogP contribution is 2.24. The summed E-state index contributed by atoms with van der Waals surface area (Å²) in [5.74, 6) is -0.143. The monoisotopic (exact) mass is 374 g/mol. The summed E-state index contributed by atoms with van der Waals surface area (Å²) in [6.07, 6.45) is 2.81. The van der Waals surface area contributed by atoms with Crippen LogP contribution in [0.5, 0.6) is 0 Å². The van der Waals surface area contributed by atoms with Crippen molar-refractivity contribution in [2.75, 3.05) is 13.1 Å². The molecule has 0 saturated heterocycles. The fourth-order valence-electron chi connectivity index (χ4n) is 3.17. The van der Waals surface area contributed by atoms with Gasteiger partial charge in [-0.25, -0.2) is 0 Å². The number of benzene rings is 2. The number of hydrogen-bond acceptors (Lipinski definition) is 2. The molecule has 1 aliphatic rings. The standard InChI is InChI=1S/C20H20Cl2N2O/c1-2-9-24-13-16-6-4-3-5-14(16)10-17(24)12-23-20(25)15-7-8-18(21)19(22)11-15/h2-8,11,17H,1,9-10,12-13H2,(H,23,25). The molecule has 0 saturated carbocycles. The molecule has 2 aromatic carbocycles. The van der Waals surface area contributed by atoms with E-state index in [2.05, 4.69) is 41.1 Å². The number of rotatable bonds is 5. The summed E-state index contributed by atoms with van der Waals surface area (Å²) in [5.41, 5.74) is 3.20. The van der Waals surface area contributed by atoms with Crippen LogP contribution in [0.15, 0.2) is 55.1 Å². The highest BCUT2D eigenvalue weighted by atomic mass is 35.5. The first kappa shape index (κ1) is 18.0. The maximum absolute atomic E-state index is 12.4. The normalized spacial score (nSPS) is 17.0. The second-order valence-electron chi connectivity index (χ2n) is 6.18. The van der Waals surface area contributed by atoms with Crippen molar-refractivity contribution in [1.29, 1.82) is 0 Å². The zero-order valence-electron chi connectivity index (χ0n) is 13.8. The van der Waals surface area contributed by atoms with Gasteiger partial charge in [-0.1, -0.05) is 53.5 Å². The molecule has 5 heteroatoms. The van der Waals surface area contributed by atoms with E-state index in [4.69, 9.17) is 23.2 Å². The minimum atomic E-state index is -0.143. The van der Waals surface area contributed by atoms with Crippen molar-refractivity contribution in [3.63, 3.8) is 0 Å². The summed E-state index contributed by atoms with van der Waals surface area (Å²) < 4.78 is 0. The smallest absolute Gasteiger partial charge is 0.251 e. The van der Waals surface area contributed by atoms with E-state index in [1.165, 1.54) is 11.1 Å². The van der Waals surface area contributed by atoms with E-state index < -0.39 is 0 Å². The number of hydrogen-bond donors (Lipinski definition) is 1. The molecular weight excluding hydrogens is 355 g/mol. The molecule has 1 amide bonds. The third-order valence-electron chi connectivity index (χ3n) is 4.51. The van der Waals surface area contributed by atoms with E-state index in [-0.39, 0.29) is 11.9 Å². The maximum Gasteiger partial charge on any atom is 0.251 e. The number of nitrogens with zero attached hydrogens (tertiary/aromatic N) is 1. The van der Waals surface area contributed by atoms with Gasteiger partial charge in [0.15, 0.2) is 0 Å². The number of amides is 1. The Kier molecular flexibility index (Phi) is 5.79. The lowest BCUT2D eigenvalue weighted by molar-refractivity contribution is 0.0930. The van der Waals surface area contributed by atoms with Gasteiger partial charge in [0.25, 0.3) is 5.91 Å². The lowest BCUT2D eigenvalue weighted by Crippen LogP contribution is -2.47. The first-order chi connectivity index (χ1) is 12.1. The van der Waals surface area contributed by atoms with Crippen LogP contribution in [0.1, 0.15) is 21.5 Å². The number of fused-ring (bicyclic) bond motifs is 1. The first-order valence-electron chi connectivity index (χ1n) is 8.23. The molecule has 0 aliphatic carbocycles. The fraction of sp³-hybridized carbons (Fsp3) is 0.250. The van der Waals surface area contributed by atoms with E-state index in [1.807, 2.05) is 6.08 Å². The average molecular weight is 375 g/mol. The van der Waals surface area contributed by atoms with Gasteiger partial charge in [0.05, 0.1) is 10.0 Å². The van der Waals surface area contributed by atoms with Gasteiger partial charge in [0, 0.05) is 31.2 Å². The van der Waals surface area contributed by atoms with Gasteiger partial charge in [-0.15, -0.1) is 6.58 Å². The average Bonchev–Trinajstić information content (AvgIpc) is 2.62. The Labute approximate surface area is 158 Å². The predicted molar refractivity (Wildman–Crippen MR) is 103 cm³/mol. The molecule has 25 heavy (non-hydrogen) atoms. The van der Waals surface area contributed by atoms with Crippen LogP contribution in [0.3, 0.4) is 0 Å². The van der Waals surface area contributed by atoms with Crippen molar-refractivity contribution in [3.05, 3.63) is 81.9 Å². The second kappa shape index (κ2) is 8.05. The first-order valence-corrected chi connectivity index (χ1v) is 8.99. The van der Waals surface area contributed by atoms with Crippen LogP contribution in [-0.4, -0.2) is 29.9 Å². The molecule has 3 nitrogen and oxygen atoms in total. The Bertz CT molecular complexity index is 791. The van der Waals surface area contributed by atoms with Crippen LogP contribution in [0.4, 0.5) is 0 Å². The molecule has 2 aromatic rings. The molecule has 0 fully saturated rings. The summed E-state index contributed by atoms with van der Waals surface area (Å²) >= 11 is 11.9. The lowest BCUT2D eigenvalue weighted by atomic mass is 9.94. The molecule has 0 aromatic heterocycles. The zero-order chi connectivity index (χ0) is 17.8. The van der Waals surface area contributed by atoms with Gasteiger partial charge in [-0.3, -0.25) is 9.69 Å². The van der Waals surface area contributed by atoms with E-state index in [0.29, 0.717) is 22.2 Å². The quantitative estimate of drug-likeness (QED) is 0.789. The van der Waals surface area contributed by atoms with Crippen LogP contribution < -0.4 is 5.32 Å². The van der Waals surface area contributed by atoms with Crippen molar-refractivity contribution in [3.8, 4) is 0 Å². The molecule has 1 unspecified atom stereocenters. The number of halogens is 2. The molecule has 1 heterocycles. The van der Waals surface area contributed by atoms with Crippen molar-refractivity contribution in [2.24, 2.45) is 0 Å². The molecule has 0 radical (unpaired) electrons. The number of nitrogens with one attached hydrogen (secondary N) is 1. The Hall–Kier alpha value is -1.81. The van der Waals surface area contributed by atoms with E-state index in [0.717, 1.165) is 19.5 Å². The maximum atomic E-state index is 12.4. The van der Waals surface area contributed by atoms with Crippen LogP contribution in [0, 0.1) is 0 Å². The minimum Gasteiger partial charge on any atom is -0.350 e. The van der Waals surface area contributed by atoms with E-state index >= 15 is 0 Å². The van der Waals surface area contributed by atoms with Crippen LogP contribution in [-0.2, 0) is 13.0 Å². The Morgan fingerprint density at radius 3 is 2.68 bits per heavy atom. The van der Waals surface area contributed by atoms with Gasteiger partial charge in [0.1, 0.15) is 0 Å². The Morgan fingerprint density at radius 1 is 1.20 bits per heavy atom. The van der Waals surface area contributed by atoms with E-state index in [1.54, 1.807) is 18.2 Å². The summed E-state index contributed by atoms with van der Waals surface area (Å²) in [5, 5.41) is 3.85. The zero-order valence-corrected chi connectivity index (χ0v) is 15.4. The summed E-state index contributed by atoms with van der Waals surface area (Å²) in [7, 11) is 0. The molecule has 1 N–H and O–H groups in total. The number of carbonyl (C=O) groups excluding carboxylic acids is 1. The molecule has 0 spiro atoms. The van der Waals surface area contributed by atoms with Crippen molar-refractivity contribution in [2.45, 2.75) is 19.0 Å². The predicted octanol–water partition coefficient (Wildman–Crippen LogP) is 4.34. The molecule has 0 bridgehead atoms. The third kappa shape index (κ3) is 4.24. The summed E-state index contributed by atoms with van der Waals surface area (Å²) in [6.45, 7) is 6.08.